The Kier molecular flexibility index (Phi) is 9.47. The van der Waals surface area contributed by atoms with Gasteiger partial charge >= 0.3 is 0 Å². The van der Waals surface area contributed by atoms with Gasteiger partial charge in [-0.1, -0.05) is 19.4 Å². The normalized spacial score (nSPS) is 10.0. The minimum atomic E-state index is -0.0362. The lowest BCUT2D eigenvalue weighted by molar-refractivity contribution is 0.336. The molecule has 0 bridgehead atoms. The fourth-order valence-corrected chi connectivity index (χ4v) is 0.630. The average Bonchev–Trinajstić information content (AvgIpc) is 2.08. The third-order valence-electron chi connectivity index (χ3n) is 1.31. The zero-order valence-electron chi connectivity index (χ0n) is 8.68. The molecule has 72 valence electrons. The second-order valence-corrected chi connectivity index (χ2v) is 2.25. The Bertz CT molecular complexity index is 161. The van der Waals surface area contributed by atoms with Crippen molar-refractivity contribution in [2.75, 3.05) is 13.7 Å². The van der Waals surface area contributed by atoms with Gasteiger partial charge in [-0.2, -0.15) is 0 Å². The minimum Gasteiger partial charge on any atom is -0.392 e. The van der Waals surface area contributed by atoms with Gasteiger partial charge < -0.3 is 10.8 Å². The van der Waals surface area contributed by atoms with Crippen molar-refractivity contribution in [3.05, 3.63) is 11.1 Å². The fourth-order valence-electron chi connectivity index (χ4n) is 0.630. The fraction of sp³-hybridized carbons (Fsp3) is 0.667. The first-order valence-corrected chi connectivity index (χ1v) is 4.13. The van der Waals surface area contributed by atoms with Crippen LogP contribution in [0.15, 0.2) is 16.1 Å². The van der Waals surface area contributed by atoms with Crippen LogP contribution in [0.25, 0.3) is 0 Å². The molecule has 3 nitrogen and oxygen atoms in total. The van der Waals surface area contributed by atoms with Gasteiger partial charge in [-0.3, -0.25) is 4.99 Å². The number of nitrogens with two attached hydrogens (primary N) is 1. The molecular formula is C9H20N2O. The molecule has 0 rings (SSSR count). The van der Waals surface area contributed by atoms with E-state index in [1.54, 1.807) is 7.05 Å². The maximum atomic E-state index is 8.78. The lowest BCUT2D eigenvalue weighted by Crippen LogP contribution is -2.18. The second kappa shape index (κ2) is 8.27. The molecule has 0 unspecified atom stereocenters. The summed E-state index contributed by atoms with van der Waals surface area (Å²) in [6.07, 6.45) is 0. The number of nitrogens with zero attached hydrogens (tertiary/aromatic N) is 1. The molecule has 0 aromatic heterocycles. The van der Waals surface area contributed by atoms with E-state index in [2.05, 4.69) is 4.99 Å². The molecule has 0 fully saturated rings. The number of hydrogen-bond acceptors (Lipinski definition) is 2. The Morgan fingerprint density at radius 2 is 1.75 bits per heavy atom. The molecule has 3 heteroatoms. The number of aliphatic hydroxyl groups is 1. The first kappa shape index (κ1) is 13.7. The molecule has 0 atom stereocenters. The molecule has 0 heterocycles. The van der Waals surface area contributed by atoms with Crippen LogP contribution in [0.5, 0.6) is 0 Å². The maximum absolute atomic E-state index is 8.78. The molecule has 0 saturated carbocycles. The van der Waals surface area contributed by atoms with Gasteiger partial charge in [0.2, 0.25) is 0 Å². The number of aliphatic imine (C=N–C) groups is 1. The number of amidine groups is 1. The summed E-state index contributed by atoms with van der Waals surface area (Å²) in [6, 6.07) is 0. The number of rotatable bonds is 2. The highest BCUT2D eigenvalue weighted by molar-refractivity contribution is 5.97. The van der Waals surface area contributed by atoms with E-state index in [1.807, 2.05) is 27.7 Å². The third kappa shape index (κ3) is 4.91. The van der Waals surface area contributed by atoms with Crippen molar-refractivity contribution in [1.82, 2.24) is 0 Å². The number of hydrogen-bond donors (Lipinski definition) is 2. The summed E-state index contributed by atoms with van der Waals surface area (Å²) in [5, 5.41) is 8.78. The van der Waals surface area contributed by atoms with Crippen LogP contribution >= 0.6 is 0 Å². The molecule has 0 radical (unpaired) electrons. The molecule has 0 amide bonds. The van der Waals surface area contributed by atoms with Gasteiger partial charge in [-0.15, -0.1) is 0 Å². The van der Waals surface area contributed by atoms with Crippen LogP contribution < -0.4 is 5.73 Å². The van der Waals surface area contributed by atoms with Gasteiger partial charge in [0.25, 0.3) is 0 Å². The zero-order chi connectivity index (χ0) is 10.1. The van der Waals surface area contributed by atoms with Crippen molar-refractivity contribution >= 4 is 5.84 Å². The van der Waals surface area contributed by atoms with Gasteiger partial charge in [-0.25, -0.2) is 0 Å². The van der Waals surface area contributed by atoms with E-state index in [0.717, 1.165) is 11.1 Å². The van der Waals surface area contributed by atoms with Gasteiger partial charge in [0.05, 0.1) is 6.61 Å². The maximum Gasteiger partial charge on any atom is 0.123 e. The van der Waals surface area contributed by atoms with E-state index in [9.17, 15) is 0 Å². The van der Waals surface area contributed by atoms with E-state index in [1.165, 1.54) is 0 Å². The predicted octanol–water partition coefficient (Wildman–Crippen LogP) is 1.33. The van der Waals surface area contributed by atoms with Crippen LogP contribution in [-0.4, -0.2) is 24.6 Å². The van der Waals surface area contributed by atoms with Gasteiger partial charge in [0.15, 0.2) is 0 Å². The summed E-state index contributed by atoms with van der Waals surface area (Å²) in [5.41, 5.74) is 7.19. The van der Waals surface area contributed by atoms with Gasteiger partial charge in [-0.05, 0) is 13.8 Å². The summed E-state index contributed by atoms with van der Waals surface area (Å²) in [6.45, 7) is 7.75. The number of aliphatic hydroxyl groups excluding tert-OH is 1. The van der Waals surface area contributed by atoms with Gasteiger partial charge in [0.1, 0.15) is 5.84 Å². The van der Waals surface area contributed by atoms with Crippen LogP contribution in [-0.2, 0) is 0 Å². The predicted molar refractivity (Wildman–Crippen MR) is 54.4 cm³/mol. The molecule has 0 aromatic rings. The summed E-state index contributed by atoms with van der Waals surface area (Å²) in [7, 11) is 1.61. The van der Waals surface area contributed by atoms with Crippen molar-refractivity contribution in [2.24, 2.45) is 10.7 Å². The first-order valence-electron chi connectivity index (χ1n) is 4.13. The molecular weight excluding hydrogens is 152 g/mol. The lowest BCUT2D eigenvalue weighted by Gasteiger charge is -2.03. The Morgan fingerprint density at radius 1 is 1.33 bits per heavy atom. The first-order chi connectivity index (χ1) is 5.63. The van der Waals surface area contributed by atoms with Crippen molar-refractivity contribution in [3.8, 4) is 0 Å². The zero-order valence-corrected chi connectivity index (χ0v) is 8.68. The van der Waals surface area contributed by atoms with Crippen molar-refractivity contribution in [3.63, 3.8) is 0 Å². The van der Waals surface area contributed by atoms with Crippen LogP contribution in [0.3, 0.4) is 0 Å². The Hall–Kier alpha value is -0.830. The smallest absolute Gasteiger partial charge is 0.123 e. The van der Waals surface area contributed by atoms with E-state index in [4.69, 9.17) is 10.8 Å². The molecule has 3 N–H and O–H groups in total. The van der Waals surface area contributed by atoms with Crippen molar-refractivity contribution < 1.29 is 5.11 Å². The molecule has 0 aromatic carbocycles. The highest BCUT2D eigenvalue weighted by atomic mass is 16.3. The molecule has 12 heavy (non-hydrogen) atoms. The topological polar surface area (TPSA) is 58.6 Å². The second-order valence-electron chi connectivity index (χ2n) is 2.25. The molecule has 0 saturated heterocycles. The quantitative estimate of drug-likeness (QED) is 0.487. The lowest BCUT2D eigenvalue weighted by atomic mass is 10.1. The summed E-state index contributed by atoms with van der Waals surface area (Å²) < 4.78 is 0. The molecule has 0 aliphatic heterocycles. The molecule has 0 aliphatic rings. The van der Waals surface area contributed by atoms with Crippen LogP contribution in [0, 0.1) is 0 Å². The molecule has 0 spiro atoms. The summed E-state index contributed by atoms with van der Waals surface area (Å²) in [4.78, 5) is 3.76. The Labute approximate surface area is 75.0 Å². The standard InChI is InChI=1S/C7H14N2O.C2H6/c1-5(2)6(4-10)7(8)9-3;1-2/h10H,4H2,1-3H3,(H2,8,9);1-2H3. The summed E-state index contributed by atoms with van der Waals surface area (Å²) >= 11 is 0. The van der Waals surface area contributed by atoms with Crippen LogP contribution in [0.2, 0.25) is 0 Å². The Morgan fingerprint density at radius 3 is 1.83 bits per heavy atom. The van der Waals surface area contributed by atoms with E-state index < -0.39 is 0 Å². The summed E-state index contributed by atoms with van der Waals surface area (Å²) in [5.74, 6) is 0.419. The van der Waals surface area contributed by atoms with Gasteiger partial charge in [0, 0.05) is 12.6 Å². The van der Waals surface area contributed by atoms with Crippen molar-refractivity contribution in [1.29, 1.82) is 0 Å². The molecule has 0 aliphatic carbocycles. The van der Waals surface area contributed by atoms with E-state index in [0.29, 0.717) is 5.84 Å². The highest BCUT2D eigenvalue weighted by Gasteiger charge is 2.00. The van der Waals surface area contributed by atoms with Crippen molar-refractivity contribution in [2.45, 2.75) is 27.7 Å². The largest absolute Gasteiger partial charge is 0.392 e. The third-order valence-corrected chi connectivity index (χ3v) is 1.31. The van der Waals surface area contributed by atoms with Crippen LogP contribution in [0.4, 0.5) is 0 Å². The van der Waals surface area contributed by atoms with E-state index >= 15 is 0 Å². The number of allylic oxidation sites excluding steroid dienone is 1. The highest BCUT2D eigenvalue weighted by Crippen LogP contribution is 2.01. The Balaban J connectivity index is 0. The minimum absolute atomic E-state index is 0.0362. The van der Waals surface area contributed by atoms with E-state index in [-0.39, 0.29) is 6.61 Å². The average molecular weight is 172 g/mol. The van der Waals surface area contributed by atoms with Crippen LogP contribution in [0.1, 0.15) is 27.7 Å². The SMILES string of the molecule is CC.CN=C(N)C(CO)=C(C)C. The monoisotopic (exact) mass is 172 g/mol.